The molecule has 50 heavy (non-hydrogen) atoms. The lowest BCUT2D eigenvalue weighted by Crippen LogP contribution is -2.62. The van der Waals surface area contributed by atoms with Crippen LogP contribution in [0.1, 0.15) is 69.2 Å². The lowest BCUT2D eigenvalue weighted by atomic mass is 9.88. The van der Waals surface area contributed by atoms with Crippen LogP contribution in [0.3, 0.4) is 0 Å². The summed E-state index contributed by atoms with van der Waals surface area (Å²) >= 11 is 9.99. The highest BCUT2D eigenvalue weighted by Gasteiger charge is 2.53. The van der Waals surface area contributed by atoms with Crippen LogP contribution in [0.4, 0.5) is 0 Å². The molecule has 268 valence electrons. The van der Waals surface area contributed by atoms with E-state index in [1.807, 2.05) is 56.7 Å². The van der Waals surface area contributed by atoms with Crippen molar-refractivity contribution in [2.24, 2.45) is 0 Å². The molecule has 0 spiro atoms. The lowest BCUT2D eigenvalue weighted by Gasteiger charge is -2.35. The van der Waals surface area contributed by atoms with Crippen LogP contribution in [0, 0.1) is 0 Å². The number of hydrogen-bond acceptors (Lipinski definition) is 7. The van der Waals surface area contributed by atoms with Gasteiger partial charge >= 0.3 is 7.12 Å². The zero-order chi connectivity index (χ0) is 36.9. The maximum atomic E-state index is 6.54. The van der Waals surface area contributed by atoms with Gasteiger partial charge in [-0.3, -0.25) is 0 Å². The van der Waals surface area contributed by atoms with Crippen molar-refractivity contribution in [1.29, 1.82) is 0 Å². The molecule has 6 heterocycles. The van der Waals surface area contributed by atoms with Gasteiger partial charge in [0, 0.05) is 37.8 Å². The predicted molar refractivity (Wildman–Crippen MR) is 239 cm³/mol. The summed E-state index contributed by atoms with van der Waals surface area (Å²) < 4.78 is 21.9. The zero-order valence-corrected chi connectivity index (χ0v) is 39.8. The van der Waals surface area contributed by atoms with E-state index in [2.05, 4.69) is 163 Å². The van der Waals surface area contributed by atoms with Gasteiger partial charge in [0.2, 0.25) is 0 Å². The van der Waals surface area contributed by atoms with Crippen LogP contribution in [-0.4, -0.2) is 42.5 Å². The van der Waals surface area contributed by atoms with Crippen LogP contribution in [0.15, 0.2) is 60.7 Å². The fraction of sp³-hybridized carbons (Fsp3) is 0.487. The minimum absolute atomic E-state index is 0.320. The van der Waals surface area contributed by atoms with E-state index in [1.54, 1.807) is 9.00 Å². The van der Waals surface area contributed by atoms with E-state index in [4.69, 9.17) is 9.31 Å². The van der Waals surface area contributed by atoms with Gasteiger partial charge in [0.25, 0.3) is 0 Å². The summed E-state index contributed by atoms with van der Waals surface area (Å²) in [5, 5.41) is 0.639. The second-order valence-electron chi connectivity index (χ2n) is 18.3. The third-order valence-corrected chi connectivity index (χ3v) is 39.4. The van der Waals surface area contributed by atoms with Crippen molar-refractivity contribution in [3.63, 3.8) is 0 Å². The van der Waals surface area contributed by atoms with Gasteiger partial charge in [-0.15, -0.1) is 45.3 Å². The average molecular weight is 811 g/mol. The van der Waals surface area contributed by atoms with Crippen LogP contribution in [0.25, 0.3) is 19.5 Å². The normalized spacial score (nSPS) is 17.2. The topological polar surface area (TPSA) is 18.5 Å². The Morgan fingerprint density at radius 1 is 0.460 bits per heavy atom. The Balaban J connectivity index is 1.41. The van der Waals surface area contributed by atoms with Crippen molar-refractivity contribution in [1.82, 2.24) is 0 Å². The summed E-state index contributed by atoms with van der Waals surface area (Å²) in [5.41, 5.74) is -0.719. The molecular formula is C39H55BO2S5Si3. The van der Waals surface area contributed by atoms with Crippen molar-refractivity contribution in [3.05, 3.63) is 60.7 Å². The Kier molecular flexibility index (Phi) is 10.0. The van der Waals surface area contributed by atoms with Crippen molar-refractivity contribution in [2.45, 2.75) is 123 Å². The lowest BCUT2D eigenvalue weighted by molar-refractivity contribution is 0.00578. The quantitative estimate of drug-likeness (QED) is 0.145. The van der Waals surface area contributed by atoms with Crippen molar-refractivity contribution >= 4 is 115 Å². The number of hydrogen-bond donors (Lipinski definition) is 0. The molecule has 5 aromatic rings. The first kappa shape index (κ1) is 38.8. The van der Waals surface area contributed by atoms with Gasteiger partial charge in [-0.25, -0.2) is 0 Å². The molecule has 1 aliphatic rings. The zero-order valence-electron chi connectivity index (χ0n) is 32.7. The van der Waals surface area contributed by atoms with Crippen molar-refractivity contribution < 1.29 is 9.31 Å². The molecule has 0 aliphatic carbocycles. The molecule has 11 heteroatoms. The smallest absolute Gasteiger partial charge is 0.399 e. The minimum Gasteiger partial charge on any atom is -0.399 e. The van der Waals surface area contributed by atoms with E-state index in [0.717, 1.165) is 0 Å². The summed E-state index contributed by atoms with van der Waals surface area (Å²) in [6, 6.07) is 24.0. The van der Waals surface area contributed by atoms with Crippen molar-refractivity contribution in [3.8, 4) is 19.5 Å². The van der Waals surface area contributed by atoms with Crippen molar-refractivity contribution in [2.75, 3.05) is 0 Å². The van der Waals surface area contributed by atoms with Crippen LogP contribution in [-0.2, 0) is 9.31 Å². The Hall–Kier alpha value is -0.864. The van der Waals surface area contributed by atoms with Gasteiger partial charge < -0.3 is 9.31 Å². The van der Waals surface area contributed by atoms with E-state index in [0.29, 0.717) is 10.1 Å². The summed E-state index contributed by atoms with van der Waals surface area (Å²) in [6.07, 6.45) is 0. The third kappa shape index (κ3) is 6.62. The van der Waals surface area contributed by atoms with Crippen LogP contribution < -0.4 is 27.3 Å². The molecule has 0 radical (unpaired) electrons. The SMILES string of the molecule is CC1(C)OB(c2ccc([Si](C)(c3ccc(-c4ccc([Si](C)(C)C(C)(C)C)s4)s3)c3ccc(-c4ccc([Si](C)(C)C(C)(C)C)s4)s3)s2)OC1(C)C. The molecule has 0 atom stereocenters. The molecule has 0 saturated carbocycles. The fourth-order valence-corrected chi connectivity index (χ4v) is 24.8. The molecule has 2 nitrogen and oxygen atoms in total. The first-order valence-electron chi connectivity index (χ1n) is 17.8. The molecule has 0 amide bonds. The average Bonchev–Trinajstić information content (AvgIpc) is 3.84. The molecule has 1 fully saturated rings. The second-order valence-corrected chi connectivity index (χ2v) is 40.0. The largest absolute Gasteiger partial charge is 0.505 e. The standard InChI is InChI=1S/C39H55BO2S5Si3/c1-36(2,3)48(11,12)31-21-16-26(43-31)28-18-23-33(45-28)50(15,35-25-20-30(47-35)40-41-38(7,8)39(9,10)42-40)34-24-19-29(46-34)27-17-22-32(44-27)49(13,14)37(4,5)6/h16-25H,1-15H3. The molecule has 5 aromatic heterocycles. The molecule has 0 aromatic carbocycles. The van der Waals surface area contributed by atoms with Crippen LogP contribution >= 0.6 is 56.7 Å². The minimum atomic E-state index is -2.35. The Labute approximate surface area is 325 Å². The molecule has 0 N–H and O–H groups in total. The van der Waals surface area contributed by atoms with Crippen LogP contribution in [0.2, 0.25) is 42.8 Å². The summed E-state index contributed by atoms with van der Waals surface area (Å²) in [6.45, 7) is 35.7. The number of rotatable bonds is 8. The van der Waals surface area contributed by atoms with E-state index < -0.39 is 24.2 Å². The highest BCUT2D eigenvalue weighted by molar-refractivity contribution is 7.48. The summed E-state index contributed by atoms with van der Waals surface area (Å²) in [5.74, 6) is 0. The van der Waals surface area contributed by atoms with Gasteiger partial charge in [-0.2, -0.15) is 11.3 Å². The van der Waals surface area contributed by atoms with E-state index in [9.17, 15) is 0 Å². The predicted octanol–water partition coefficient (Wildman–Crippen LogP) is 10.2. The molecule has 6 rings (SSSR count). The van der Waals surface area contributed by atoms with Crippen LogP contribution in [0.5, 0.6) is 0 Å². The Morgan fingerprint density at radius 2 is 0.760 bits per heavy atom. The monoisotopic (exact) mass is 810 g/mol. The molecular weight excluding hydrogens is 756 g/mol. The van der Waals surface area contributed by atoms with E-state index in [-0.39, 0.29) is 18.3 Å². The molecule has 0 bridgehead atoms. The molecule has 0 unspecified atom stereocenters. The Morgan fingerprint density at radius 3 is 1.12 bits per heavy atom. The van der Waals surface area contributed by atoms with Gasteiger partial charge in [-0.05, 0) is 71.0 Å². The first-order chi connectivity index (χ1) is 22.9. The first-order valence-corrected chi connectivity index (χ1v) is 30.3. The second kappa shape index (κ2) is 12.9. The summed E-state index contributed by atoms with van der Waals surface area (Å²) in [4.78, 5) is 5.60. The number of thiophene rings is 5. The fourth-order valence-electron chi connectivity index (χ4n) is 5.90. The van der Waals surface area contributed by atoms with E-state index >= 15 is 0 Å². The van der Waals surface area contributed by atoms with Gasteiger partial charge in [0.15, 0.2) is 8.07 Å². The maximum Gasteiger partial charge on any atom is 0.505 e. The Bertz CT molecular complexity index is 1870. The highest BCUT2D eigenvalue weighted by atomic mass is 32.1. The van der Waals surface area contributed by atoms with E-state index in [1.165, 1.54) is 37.8 Å². The molecule has 1 aliphatic heterocycles. The molecule has 1 saturated heterocycles. The van der Waals surface area contributed by atoms with Gasteiger partial charge in [0.05, 0.1) is 27.3 Å². The van der Waals surface area contributed by atoms with Gasteiger partial charge in [-0.1, -0.05) is 111 Å². The third-order valence-electron chi connectivity index (χ3n) is 12.5. The maximum absolute atomic E-state index is 6.54. The summed E-state index contributed by atoms with van der Waals surface area (Å²) in [7, 11) is -5.88. The highest BCUT2D eigenvalue weighted by Crippen LogP contribution is 2.41. The van der Waals surface area contributed by atoms with Gasteiger partial charge in [0.1, 0.15) is 0 Å².